The van der Waals surface area contributed by atoms with Crippen LogP contribution in [0.25, 0.3) is 11.1 Å². The highest BCUT2D eigenvalue weighted by Gasteiger charge is 2.39. The van der Waals surface area contributed by atoms with E-state index in [0.29, 0.717) is 18.8 Å². The lowest BCUT2D eigenvalue weighted by Crippen LogP contribution is -2.47. The second kappa shape index (κ2) is 9.91. The van der Waals surface area contributed by atoms with Gasteiger partial charge in [0.15, 0.2) is 0 Å². The lowest BCUT2D eigenvalue weighted by Gasteiger charge is -2.30. The van der Waals surface area contributed by atoms with E-state index in [2.05, 4.69) is 40.3 Å². The number of aliphatic hydroxyl groups excluding tert-OH is 1. The SMILES string of the molecule is CN1C[C@@H](O)CNS(=O)(=O)c2ccc(-c3cccnc3)cc2O[C@H]2CN(CCC(C)(C)C)C[C@H]21. The molecular weight excluding hydrogens is 452 g/mol. The molecule has 1 fully saturated rings. The van der Waals surface area contributed by atoms with Crippen LogP contribution in [0.1, 0.15) is 27.2 Å². The minimum Gasteiger partial charge on any atom is -0.486 e. The van der Waals surface area contributed by atoms with E-state index in [1.54, 1.807) is 30.6 Å². The van der Waals surface area contributed by atoms with Crippen molar-refractivity contribution in [1.29, 1.82) is 0 Å². The summed E-state index contributed by atoms with van der Waals surface area (Å²) in [4.78, 5) is 8.75. The van der Waals surface area contributed by atoms with Gasteiger partial charge >= 0.3 is 0 Å². The van der Waals surface area contributed by atoms with Crippen LogP contribution in [0.15, 0.2) is 47.6 Å². The van der Waals surface area contributed by atoms with E-state index in [1.165, 1.54) is 0 Å². The summed E-state index contributed by atoms with van der Waals surface area (Å²) in [5.74, 6) is 0.325. The van der Waals surface area contributed by atoms with Crippen molar-refractivity contribution in [2.45, 2.75) is 50.3 Å². The summed E-state index contributed by atoms with van der Waals surface area (Å²) < 4.78 is 35.3. The van der Waals surface area contributed by atoms with E-state index in [0.717, 1.165) is 30.6 Å². The van der Waals surface area contributed by atoms with Crippen molar-refractivity contribution >= 4 is 10.0 Å². The Bertz CT molecular complexity index is 1090. The summed E-state index contributed by atoms with van der Waals surface area (Å²) in [6, 6.07) is 8.95. The Morgan fingerprint density at radius 1 is 1.18 bits per heavy atom. The molecule has 1 aromatic carbocycles. The Hall–Kier alpha value is -2.04. The third-order valence-electron chi connectivity index (χ3n) is 6.57. The van der Waals surface area contributed by atoms with Gasteiger partial charge in [-0.05, 0) is 49.2 Å². The summed E-state index contributed by atoms with van der Waals surface area (Å²) >= 11 is 0. The van der Waals surface area contributed by atoms with Crippen LogP contribution in [0.5, 0.6) is 5.75 Å². The number of sulfonamides is 1. The minimum absolute atomic E-state index is 0.0327. The van der Waals surface area contributed by atoms with Gasteiger partial charge in [-0.25, -0.2) is 13.1 Å². The number of aliphatic hydroxyl groups is 1. The first-order valence-corrected chi connectivity index (χ1v) is 13.3. The standard InChI is InChI=1S/C25H36N4O4S/c1-25(2,3)9-11-29-16-21-23(17-29)33-22-12-18(19-6-5-10-26-13-19)7-8-24(22)34(31,32)27-14-20(30)15-28(21)4/h5-8,10,12-13,20-21,23,27,30H,9,11,14-17H2,1-4H3/t20-,21+,23-/m0/s1. The number of likely N-dealkylation sites (N-methyl/N-ethyl adjacent to an activating group) is 1. The van der Waals surface area contributed by atoms with Gasteiger partial charge < -0.3 is 9.84 Å². The van der Waals surface area contributed by atoms with Crippen LogP contribution in [0.4, 0.5) is 0 Å². The number of pyridine rings is 1. The first kappa shape index (κ1) is 25.1. The van der Waals surface area contributed by atoms with Crippen molar-refractivity contribution in [2.75, 3.05) is 39.8 Å². The van der Waals surface area contributed by atoms with Crippen molar-refractivity contribution in [3.8, 4) is 16.9 Å². The van der Waals surface area contributed by atoms with E-state index in [-0.39, 0.29) is 29.0 Å². The fraction of sp³-hybridized carbons (Fsp3) is 0.560. The molecule has 1 aromatic heterocycles. The van der Waals surface area contributed by atoms with Gasteiger partial charge in [-0.3, -0.25) is 14.8 Å². The maximum atomic E-state index is 13.1. The highest BCUT2D eigenvalue weighted by Crippen LogP contribution is 2.33. The second-order valence-corrected chi connectivity index (χ2v) is 12.4. The molecule has 0 spiro atoms. The molecule has 0 amide bonds. The van der Waals surface area contributed by atoms with E-state index < -0.39 is 16.1 Å². The van der Waals surface area contributed by atoms with Gasteiger partial charge in [0.05, 0.1) is 12.1 Å². The first-order valence-electron chi connectivity index (χ1n) is 11.8. The molecule has 8 nitrogen and oxygen atoms in total. The zero-order valence-corrected chi connectivity index (χ0v) is 21.3. The van der Waals surface area contributed by atoms with Gasteiger partial charge in [-0.15, -0.1) is 0 Å². The van der Waals surface area contributed by atoms with E-state index in [1.807, 2.05) is 19.2 Å². The fourth-order valence-electron chi connectivity index (χ4n) is 4.56. The number of aromatic nitrogens is 1. The number of fused-ring (bicyclic) bond motifs is 2. The van der Waals surface area contributed by atoms with Crippen LogP contribution in [0, 0.1) is 5.41 Å². The molecule has 1 saturated heterocycles. The third kappa shape index (κ3) is 5.95. The molecule has 2 aliphatic rings. The number of hydrogen-bond donors (Lipinski definition) is 2. The average molecular weight is 489 g/mol. The largest absolute Gasteiger partial charge is 0.486 e. The number of nitrogens with zero attached hydrogens (tertiary/aromatic N) is 3. The number of benzene rings is 1. The maximum absolute atomic E-state index is 13.1. The van der Waals surface area contributed by atoms with Gasteiger partial charge in [0.25, 0.3) is 0 Å². The molecule has 0 unspecified atom stereocenters. The smallest absolute Gasteiger partial charge is 0.244 e. The molecular formula is C25H36N4O4S. The van der Waals surface area contributed by atoms with Crippen molar-refractivity contribution in [3.63, 3.8) is 0 Å². The van der Waals surface area contributed by atoms with Gasteiger partial charge in [0.2, 0.25) is 10.0 Å². The molecule has 0 saturated carbocycles. The predicted octanol–water partition coefficient (Wildman–Crippen LogP) is 2.20. The third-order valence-corrected chi connectivity index (χ3v) is 8.03. The number of rotatable bonds is 3. The zero-order chi connectivity index (χ0) is 24.5. The summed E-state index contributed by atoms with van der Waals surface area (Å²) in [5.41, 5.74) is 1.95. The Balaban J connectivity index is 1.71. The van der Waals surface area contributed by atoms with Crippen molar-refractivity contribution < 1.29 is 18.3 Å². The maximum Gasteiger partial charge on any atom is 0.244 e. The van der Waals surface area contributed by atoms with Crippen LogP contribution < -0.4 is 9.46 Å². The second-order valence-electron chi connectivity index (χ2n) is 10.6. The molecule has 4 rings (SSSR count). The molecule has 0 bridgehead atoms. The van der Waals surface area contributed by atoms with Gasteiger partial charge in [0.1, 0.15) is 16.7 Å². The van der Waals surface area contributed by atoms with Gasteiger partial charge in [-0.1, -0.05) is 32.9 Å². The average Bonchev–Trinajstić information content (AvgIpc) is 3.18. The Kier molecular flexibility index (Phi) is 7.30. The predicted molar refractivity (Wildman–Crippen MR) is 132 cm³/mol. The Morgan fingerprint density at radius 3 is 2.68 bits per heavy atom. The molecule has 0 aliphatic carbocycles. The van der Waals surface area contributed by atoms with Crippen LogP contribution in [-0.2, 0) is 10.0 Å². The summed E-state index contributed by atoms with van der Waals surface area (Å²) in [6.07, 6.45) is 3.46. The Labute approximate surface area is 203 Å². The van der Waals surface area contributed by atoms with Crippen molar-refractivity contribution in [2.24, 2.45) is 5.41 Å². The minimum atomic E-state index is -3.86. The molecule has 2 aromatic rings. The van der Waals surface area contributed by atoms with Crippen LogP contribution in [0.3, 0.4) is 0 Å². The fourth-order valence-corrected chi connectivity index (χ4v) is 5.75. The molecule has 3 atom stereocenters. The molecule has 186 valence electrons. The van der Waals surface area contributed by atoms with Crippen LogP contribution in [-0.4, -0.2) is 86.3 Å². The van der Waals surface area contributed by atoms with Crippen molar-refractivity contribution in [1.82, 2.24) is 19.5 Å². The quantitative estimate of drug-likeness (QED) is 0.684. The number of likely N-dealkylation sites (tertiary alicyclic amines) is 1. The van der Waals surface area contributed by atoms with E-state index in [9.17, 15) is 13.5 Å². The number of hydrogen-bond acceptors (Lipinski definition) is 7. The lowest BCUT2D eigenvalue weighted by molar-refractivity contribution is 0.0713. The topological polar surface area (TPSA) is 95.0 Å². The molecule has 9 heteroatoms. The van der Waals surface area contributed by atoms with E-state index >= 15 is 0 Å². The summed E-state index contributed by atoms with van der Waals surface area (Å²) in [7, 11) is -1.89. The number of ether oxygens (including phenoxy) is 1. The normalized spacial score (nSPS) is 26.2. The zero-order valence-electron chi connectivity index (χ0n) is 20.4. The molecule has 34 heavy (non-hydrogen) atoms. The summed E-state index contributed by atoms with van der Waals surface area (Å²) in [6.45, 7) is 9.45. The van der Waals surface area contributed by atoms with Crippen molar-refractivity contribution in [3.05, 3.63) is 42.7 Å². The van der Waals surface area contributed by atoms with E-state index in [4.69, 9.17) is 4.74 Å². The number of nitrogens with one attached hydrogen (secondary N) is 1. The molecule has 2 N–H and O–H groups in total. The highest BCUT2D eigenvalue weighted by atomic mass is 32.2. The molecule has 0 radical (unpaired) electrons. The molecule has 2 aliphatic heterocycles. The lowest BCUT2D eigenvalue weighted by atomic mass is 9.92. The molecule has 3 heterocycles. The Morgan fingerprint density at radius 2 is 1.97 bits per heavy atom. The monoisotopic (exact) mass is 488 g/mol. The number of β-amino-alcohol motifs (C(OH)–C–C–N with tert-alkyl or cyclic N) is 1. The van der Waals surface area contributed by atoms with Gasteiger partial charge in [0, 0.05) is 44.1 Å². The van der Waals surface area contributed by atoms with Crippen LogP contribution in [0.2, 0.25) is 0 Å². The highest BCUT2D eigenvalue weighted by molar-refractivity contribution is 7.89. The van der Waals surface area contributed by atoms with Crippen LogP contribution >= 0.6 is 0 Å². The van der Waals surface area contributed by atoms with Gasteiger partial charge in [-0.2, -0.15) is 0 Å². The first-order chi connectivity index (χ1) is 16.0. The summed E-state index contributed by atoms with van der Waals surface area (Å²) in [5, 5.41) is 10.5.